The van der Waals surface area contributed by atoms with Gasteiger partial charge in [-0.25, -0.2) is 4.79 Å². The number of piperazine rings is 1. The topological polar surface area (TPSA) is 79.4 Å². The molecule has 0 radical (unpaired) electrons. The molecule has 1 aliphatic rings. The van der Waals surface area contributed by atoms with E-state index in [-0.39, 0.29) is 24.5 Å². The van der Waals surface area contributed by atoms with Crippen LogP contribution in [0.1, 0.15) is 20.3 Å². The van der Waals surface area contributed by atoms with Crippen molar-refractivity contribution in [3.63, 3.8) is 0 Å². The molecule has 3 amide bonds. The zero-order valence-corrected chi connectivity index (χ0v) is 14.2. The second-order valence-corrected chi connectivity index (χ2v) is 5.35. The van der Waals surface area contributed by atoms with E-state index in [0.29, 0.717) is 52.4 Å². The van der Waals surface area contributed by atoms with Gasteiger partial charge in [0, 0.05) is 53.4 Å². The second-order valence-electron chi connectivity index (χ2n) is 5.35. The Balaban J connectivity index is 2.42. The molecule has 23 heavy (non-hydrogen) atoms. The Morgan fingerprint density at radius 2 is 1.70 bits per heavy atom. The van der Waals surface area contributed by atoms with Crippen LogP contribution in [0.15, 0.2) is 0 Å². The van der Waals surface area contributed by atoms with Crippen molar-refractivity contribution >= 4 is 17.9 Å². The number of amides is 3. The summed E-state index contributed by atoms with van der Waals surface area (Å²) in [6.07, 6.45) is 0.351. The molecule has 1 fully saturated rings. The normalized spacial score (nSPS) is 14.6. The van der Waals surface area contributed by atoms with Crippen LogP contribution in [-0.4, -0.2) is 92.2 Å². The van der Waals surface area contributed by atoms with Gasteiger partial charge in [-0.1, -0.05) is 0 Å². The van der Waals surface area contributed by atoms with Crippen molar-refractivity contribution in [3.8, 4) is 0 Å². The van der Waals surface area contributed by atoms with Crippen molar-refractivity contribution in [2.45, 2.75) is 20.3 Å². The fourth-order valence-corrected chi connectivity index (χ4v) is 2.36. The van der Waals surface area contributed by atoms with Gasteiger partial charge in [-0.05, 0) is 13.3 Å². The van der Waals surface area contributed by atoms with E-state index in [0.717, 1.165) is 0 Å². The molecule has 1 heterocycles. The van der Waals surface area contributed by atoms with Gasteiger partial charge in [0.2, 0.25) is 11.8 Å². The minimum atomic E-state index is -0.343. The highest BCUT2D eigenvalue weighted by atomic mass is 16.6. The van der Waals surface area contributed by atoms with Crippen molar-refractivity contribution in [2.75, 3.05) is 59.6 Å². The zero-order valence-electron chi connectivity index (χ0n) is 14.2. The number of hydrogen-bond acceptors (Lipinski definition) is 5. The lowest BCUT2D eigenvalue weighted by Gasteiger charge is -2.35. The monoisotopic (exact) mass is 329 g/mol. The van der Waals surface area contributed by atoms with E-state index in [1.807, 2.05) is 0 Å². The van der Waals surface area contributed by atoms with Gasteiger partial charge in [0.25, 0.3) is 0 Å². The Kier molecular flexibility index (Phi) is 8.39. The molecule has 0 bridgehead atoms. The third-order valence-electron chi connectivity index (χ3n) is 3.71. The Labute approximate surface area is 137 Å². The number of carbonyl (C=O) groups is 3. The minimum Gasteiger partial charge on any atom is -0.450 e. The Hall–Kier alpha value is -1.83. The Morgan fingerprint density at radius 1 is 1.09 bits per heavy atom. The molecule has 0 aromatic heterocycles. The Bertz CT molecular complexity index is 408. The summed E-state index contributed by atoms with van der Waals surface area (Å²) in [7, 11) is 1.60. The number of ether oxygens (including phenoxy) is 2. The summed E-state index contributed by atoms with van der Waals surface area (Å²) in [5.74, 6) is -0.222. The van der Waals surface area contributed by atoms with Crippen molar-refractivity contribution in [1.29, 1.82) is 0 Å². The van der Waals surface area contributed by atoms with E-state index >= 15 is 0 Å². The smallest absolute Gasteiger partial charge is 0.409 e. The fraction of sp³-hybridized carbons (Fsp3) is 0.800. The number of rotatable bonds is 7. The maximum absolute atomic E-state index is 12.3. The molecule has 8 nitrogen and oxygen atoms in total. The number of methoxy groups -OCH3 is 1. The van der Waals surface area contributed by atoms with Gasteiger partial charge in [-0.3, -0.25) is 9.59 Å². The molecule has 0 saturated carbocycles. The first-order valence-electron chi connectivity index (χ1n) is 7.93. The lowest BCUT2D eigenvalue weighted by Crippen LogP contribution is -2.53. The molecule has 0 spiro atoms. The standard InChI is InChI=1S/C15H27N3O5/c1-4-23-15(21)17-9-7-16(8-10-17)14(20)12-18(13(2)19)6-5-11-22-3/h4-12H2,1-3H3. The van der Waals surface area contributed by atoms with Crippen LogP contribution < -0.4 is 0 Å². The Morgan fingerprint density at radius 3 is 2.22 bits per heavy atom. The van der Waals surface area contributed by atoms with Crippen molar-refractivity contribution in [2.24, 2.45) is 0 Å². The summed E-state index contributed by atoms with van der Waals surface area (Å²) in [4.78, 5) is 40.4. The van der Waals surface area contributed by atoms with Crippen LogP contribution in [-0.2, 0) is 19.1 Å². The van der Waals surface area contributed by atoms with E-state index < -0.39 is 0 Å². The highest BCUT2D eigenvalue weighted by Gasteiger charge is 2.26. The van der Waals surface area contributed by atoms with Gasteiger partial charge in [-0.15, -0.1) is 0 Å². The van der Waals surface area contributed by atoms with Crippen LogP contribution in [0.5, 0.6) is 0 Å². The van der Waals surface area contributed by atoms with Crippen LogP contribution in [0.25, 0.3) is 0 Å². The van der Waals surface area contributed by atoms with E-state index in [9.17, 15) is 14.4 Å². The molecule has 132 valence electrons. The number of nitrogens with zero attached hydrogens (tertiary/aromatic N) is 3. The maximum atomic E-state index is 12.3. The molecular weight excluding hydrogens is 302 g/mol. The van der Waals surface area contributed by atoms with E-state index in [1.165, 1.54) is 11.8 Å². The molecule has 0 aliphatic carbocycles. The maximum Gasteiger partial charge on any atom is 0.409 e. The molecular formula is C15H27N3O5. The summed E-state index contributed by atoms with van der Waals surface area (Å²) in [6.45, 7) is 6.50. The lowest BCUT2D eigenvalue weighted by molar-refractivity contribution is -0.140. The van der Waals surface area contributed by atoms with E-state index in [4.69, 9.17) is 9.47 Å². The van der Waals surface area contributed by atoms with Crippen LogP contribution in [0.4, 0.5) is 4.79 Å². The highest BCUT2D eigenvalue weighted by Crippen LogP contribution is 2.05. The SMILES string of the molecule is CCOC(=O)N1CCN(C(=O)CN(CCCOC)C(C)=O)CC1. The molecule has 0 atom stereocenters. The van der Waals surface area contributed by atoms with Gasteiger partial charge < -0.3 is 24.2 Å². The summed E-state index contributed by atoms with van der Waals surface area (Å²) >= 11 is 0. The molecule has 0 aromatic carbocycles. The molecule has 0 unspecified atom stereocenters. The first-order valence-corrected chi connectivity index (χ1v) is 7.93. The van der Waals surface area contributed by atoms with Crippen molar-refractivity contribution in [1.82, 2.24) is 14.7 Å². The van der Waals surface area contributed by atoms with Crippen LogP contribution in [0, 0.1) is 0 Å². The first kappa shape index (κ1) is 19.2. The first-order chi connectivity index (χ1) is 11.0. The predicted octanol–water partition coefficient (Wildman–Crippen LogP) is 0.172. The van der Waals surface area contributed by atoms with Crippen molar-refractivity contribution in [3.05, 3.63) is 0 Å². The predicted molar refractivity (Wildman–Crippen MR) is 83.9 cm³/mol. The fourth-order valence-electron chi connectivity index (χ4n) is 2.36. The average molecular weight is 329 g/mol. The molecule has 1 saturated heterocycles. The molecule has 8 heteroatoms. The summed E-state index contributed by atoms with van der Waals surface area (Å²) < 4.78 is 9.91. The van der Waals surface area contributed by atoms with Gasteiger partial charge in [0.15, 0.2) is 0 Å². The third kappa shape index (κ3) is 6.43. The van der Waals surface area contributed by atoms with E-state index in [2.05, 4.69) is 0 Å². The summed E-state index contributed by atoms with van der Waals surface area (Å²) in [5.41, 5.74) is 0. The van der Waals surface area contributed by atoms with Crippen LogP contribution >= 0.6 is 0 Å². The minimum absolute atomic E-state index is 0.0679. The summed E-state index contributed by atoms with van der Waals surface area (Å²) in [5, 5.41) is 0. The van der Waals surface area contributed by atoms with Crippen LogP contribution in [0.3, 0.4) is 0 Å². The quantitative estimate of drug-likeness (QED) is 0.622. The number of hydrogen-bond donors (Lipinski definition) is 0. The van der Waals surface area contributed by atoms with Gasteiger partial charge in [-0.2, -0.15) is 0 Å². The van der Waals surface area contributed by atoms with Gasteiger partial charge in [0.05, 0.1) is 13.2 Å². The number of carbonyl (C=O) groups excluding carboxylic acids is 3. The lowest BCUT2D eigenvalue weighted by atomic mass is 10.3. The highest BCUT2D eigenvalue weighted by molar-refractivity contribution is 5.84. The molecule has 1 rings (SSSR count). The average Bonchev–Trinajstić information content (AvgIpc) is 2.54. The van der Waals surface area contributed by atoms with Crippen molar-refractivity contribution < 1.29 is 23.9 Å². The molecule has 0 N–H and O–H groups in total. The molecule has 1 aliphatic heterocycles. The zero-order chi connectivity index (χ0) is 17.2. The van der Waals surface area contributed by atoms with Gasteiger partial charge in [0.1, 0.15) is 0 Å². The summed E-state index contributed by atoms with van der Waals surface area (Å²) in [6, 6.07) is 0. The van der Waals surface area contributed by atoms with E-state index in [1.54, 1.807) is 23.8 Å². The van der Waals surface area contributed by atoms with Crippen LogP contribution in [0.2, 0.25) is 0 Å². The van der Waals surface area contributed by atoms with Gasteiger partial charge >= 0.3 is 6.09 Å². The third-order valence-corrected chi connectivity index (χ3v) is 3.71. The second kappa shape index (κ2) is 10.0. The largest absolute Gasteiger partial charge is 0.450 e. The molecule has 0 aromatic rings.